The average molecular weight is 870 g/mol. The van der Waals surface area contributed by atoms with Gasteiger partial charge in [-0.15, -0.1) is 0 Å². The number of ether oxygens (including phenoxy) is 1. The molecule has 0 saturated heterocycles. The fourth-order valence-corrected chi connectivity index (χ4v) is 8.13. The SMILES string of the molecule is CC/C=C/C/C=C/C/C=C/C/C=C/CCCC(CC(=O)NC(CO)C(O)CCCCCCCCCCCCC)OC(=O)CCCCCCCCCCCCCCCCCCCC. The molecular formula is C56H103NO5. The highest BCUT2D eigenvalue weighted by Gasteiger charge is 2.24. The zero-order valence-electron chi connectivity index (χ0n) is 41.3. The highest BCUT2D eigenvalue weighted by molar-refractivity contribution is 5.77. The van der Waals surface area contributed by atoms with Crippen LogP contribution in [-0.4, -0.2) is 46.9 Å². The van der Waals surface area contributed by atoms with E-state index in [9.17, 15) is 19.8 Å². The van der Waals surface area contributed by atoms with Gasteiger partial charge in [0.1, 0.15) is 6.10 Å². The maximum Gasteiger partial charge on any atom is 0.306 e. The summed E-state index contributed by atoms with van der Waals surface area (Å²) >= 11 is 0. The van der Waals surface area contributed by atoms with Crippen molar-refractivity contribution < 1.29 is 24.5 Å². The molecule has 3 atom stereocenters. The van der Waals surface area contributed by atoms with E-state index < -0.39 is 18.2 Å². The van der Waals surface area contributed by atoms with Gasteiger partial charge in [0.05, 0.1) is 25.2 Å². The van der Waals surface area contributed by atoms with E-state index in [1.807, 2.05) is 0 Å². The number of allylic oxidation sites excluding steroid dienone is 8. The maximum atomic E-state index is 13.2. The van der Waals surface area contributed by atoms with Gasteiger partial charge in [-0.05, 0) is 57.8 Å². The van der Waals surface area contributed by atoms with Crippen LogP contribution in [0.15, 0.2) is 48.6 Å². The molecule has 0 aromatic rings. The van der Waals surface area contributed by atoms with Crippen LogP contribution >= 0.6 is 0 Å². The molecule has 0 spiro atoms. The number of carbonyl (C=O) groups excluding carboxylic acids is 2. The van der Waals surface area contributed by atoms with Crippen LogP contribution in [0.1, 0.15) is 271 Å². The molecule has 0 aliphatic heterocycles. The number of unbranched alkanes of at least 4 members (excludes halogenated alkanes) is 28. The van der Waals surface area contributed by atoms with Gasteiger partial charge in [0, 0.05) is 6.42 Å². The van der Waals surface area contributed by atoms with Gasteiger partial charge in [-0.2, -0.15) is 0 Å². The molecule has 362 valence electrons. The zero-order chi connectivity index (χ0) is 45.2. The third-order valence-electron chi connectivity index (χ3n) is 12.2. The molecule has 0 radical (unpaired) electrons. The van der Waals surface area contributed by atoms with Crippen LogP contribution in [0.4, 0.5) is 0 Å². The first kappa shape index (κ1) is 59.8. The highest BCUT2D eigenvalue weighted by atomic mass is 16.5. The van der Waals surface area contributed by atoms with Gasteiger partial charge in [0.2, 0.25) is 5.91 Å². The minimum atomic E-state index is -0.800. The third kappa shape index (κ3) is 44.4. The summed E-state index contributed by atoms with van der Waals surface area (Å²) in [6.45, 7) is 6.36. The van der Waals surface area contributed by atoms with E-state index in [4.69, 9.17) is 4.74 Å². The van der Waals surface area contributed by atoms with Crippen LogP contribution in [0, 0.1) is 0 Å². The van der Waals surface area contributed by atoms with Crippen molar-refractivity contribution in [2.75, 3.05) is 6.61 Å². The molecular weight excluding hydrogens is 767 g/mol. The van der Waals surface area contributed by atoms with Gasteiger partial charge < -0.3 is 20.3 Å². The lowest BCUT2D eigenvalue weighted by Gasteiger charge is -2.24. The number of rotatable bonds is 48. The summed E-state index contributed by atoms with van der Waals surface area (Å²) < 4.78 is 5.92. The van der Waals surface area contributed by atoms with E-state index in [0.717, 1.165) is 77.0 Å². The van der Waals surface area contributed by atoms with Crippen molar-refractivity contribution in [3.8, 4) is 0 Å². The molecule has 0 aromatic carbocycles. The predicted octanol–water partition coefficient (Wildman–Crippen LogP) is 16.2. The average Bonchev–Trinajstić information content (AvgIpc) is 3.26. The number of aliphatic hydroxyl groups is 2. The lowest BCUT2D eigenvalue weighted by Crippen LogP contribution is -2.46. The van der Waals surface area contributed by atoms with Crippen molar-refractivity contribution in [3.05, 3.63) is 48.6 Å². The second kappa shape index (κ2) is 49.8. The molecule has 3 unspecified atom stereocenters. The summed E-state index contributed by atoms with van der Waals surface area (Å²) in [5, 5.41) is 23.7. The van der Waals surface area contributed by atoms with Crippen LogP contribution in [-0.2, 0) is 14.3 Å². The number of hydrogen-bond acceptors (Lipinski definition) is 5. The standard InChI is InChI=1S/C56H103NO5/c1-4-7-10-13-16-19-22-24-26-27-28-29-31-34-37-40-43-46-49-56(61)62-52(47-44-41-38-35-33-30-25-23-20-17-14-11-8-5-2)50-55(60)57-53(51-58)54(59)48-45-42-39-36-32-21-18-15-12-9-6-3/h8,11,17,20,25,30,35,38,52-54,58-59H,4-7,9-10,12-16,18-19,21-24,26-29,31-34,36-37,39-51H2,1-3H3,(H,57,60)/b11-8+,20-17+,30-25+,38-35+. The zero-order valence-corrected chi connectivity index (χ0v) is 41.3. The summed E-state index contributed by atoms with van der Waals surface area (Å²) in [4.78, 5) is 26.2. The molecule has 0 heterocycles. The lowest BCUT2D eigenvalue weighted by molar-refractivity contribution is -0.151. The summed E-state index contributed by atoms with van der Waals surface area (Å²) in [6, 6.07) is -0.717. The molecule has 0 saturated carbocycles. The minimum Gasteiger partial charge on any atom is -0.462 e. The van der Waals surface area contributed by atoms with Crippen molar-refractivity contribution >= 4 is 11.9 Å². The van der Waals surface area contributed by atoms with Crippen LogP contribution in [0.5, 0.6) is 0 Å². The van der Waals surface area contributed by atoms with Crippen molar-refractivity contribution in [2.45, 2.75) is 289 Å². The summed E-state index contributed by atoms with van der Waals surface area (Å²) in [7, 11) is 0. The molecule has 0 rings (SSSR count). The Morgan fingerprint density at radius 1 is 0.484 bits per heavy atom. The highest BCUT2D eigenvalue weighted by Crippen LogP contribution is 2.18. The molecule has 0 fully saturated rings. The third-order valence-corrected chi connectivity index (χ3v) is 12.2. The number of amides is 1. The quantitative estimate of drug-likeness (QED) is 0.0322. The van der Waals surface area contributed by atoms with E-state index in [1.54, 1.807) is 0 Å². The Balaban J connectivity index is 4.58. The van der Waals surface area contributed by atoms with Gasteiger partial charge in [0.15, 0.2) is 0 Å². The Hall–Kier alpha value is -2.18. The Labute approximate surface area is 385 Å². The summed E-state index contributed by atoms with van der Waals surface area (Å²) in [5.74, 6) is -0.519. The molecule has 1 amide bonds. The van der Waals surface area contributed by atoms with Gasteiger partial charge in [-0.3, -0.25) is 9.59 Å². The Morgan fingerprint density at radius 3 is 1.29 bits per heavy atom. The summed E-state index contributed by atoms with van der Waals surface area (Å²) in [6.07, 6.45) is 60.4. The second-order valence-corrected chi connectivity index (χ2v) is 18.3. The van der Waals surface area contributed by atoms with E-state index >= 15 is 0 Å². The van der Waals surface area contributed by atoms with E-state index in [1.165, 1.54) is 148 Å². The predicted molar refractivity (Wildman–Crippen MR) is 269 cm³/mol. The Bertz CT molecular complexity index is 1070. The minimum absolute atomic E-state index is 0.0424. The molecule has 0 aliphatic rings. The van der Waals surface area contributed by atoms with Crippen LogP contribution in [0.3, 0.4) is 0 Å². The van der Waals surface area contributed by atoms with Gasteiger partial charge in [-0.1, -0.05) is 249 Å². The lowest BCUT2D eigenvalue weighted by atomic mass is 10.0. The molecule has 3 N–H and O–H groups in total. The maximum absolute atomic E-state index is 13.2. The van der Waals surface area contributed by atoms with Gasteiger partial charge in [0.25, 0.3) is 0 Å². The van der Waals surface area contributed by atoms with Crippen molar-refractivity contribution in [1.82, 2.24) is 5.32 Å². The number of hydrogen-bond donors (Lipinski definition) is 3. The van der Waals surface area contributed by atoms with Crippen LogP contribution < -0.4 is 5.32 Å². The fourth-order valence-electron chi connectivity index (χ4n) is 8.13. The Kier molecular flexibility index (Phi) is 48.1. The van der Waals surface area contributed by atoms with E-state index in [2.05, 4.69) is 74.7 Å². The van der Waals surface area contributed by atoms with Crippen LogP contribution in [0.2, 0.25) is 0 Å². The molecule has 62 heavy (non-hydrogen) atoms. The van der Waals surface area contributed by atoms with E-state index in [-0.39, 0.29) is 24.9 Å². The van der Waals surface area contributed by atoms with Crippen LogP contribution in [0.25, 0.3) is 0 Å². The van der Waals surface area contributed by atoms with E-state index in [0.29, 0.717) is 19.3 Å². The normalized spacial score (nSPS) is 13.6. The van der Waals surface area contributed by atoms with Crippen molar-refractivity contribution in [2.24, 2.45) is 0 Å². The topological polar surface area (TPSA) is 95.9 Å². The van der Waals surface area contributed by atoms with Gasteiger partial charge in [-0.25, -0.2) is 0 Å². The number of carbonyl (C=O) groups is 2. The molecule has 6 nitrogen and oxygen atoms in total. The molecule has 0 aromatic heterocycles. The first-order valence-electron chi connectivity index (χ1n) is 26.9. The molecule has 0 bridgehead atoms. The van der Waals surface area contributed by atoms with Crippen molar-refractivity contribution in [1.29, 1.82) is 0 Å². The second-order valence-electron chi connectivity index (χ2n) is 18.3. The monoisotopic (exact) mass is 870 g/mol. The molecule has 6 heteroatoms. The number of nitrogens with one attached hydrogen (secondary N) is 1. The molecule has 0 aliphatic carbocycles. The number of esters is 1. The first-order valence-corrected chi connectivity index (χ1v) is 26.9. The fraction of sp³-hybridized carbons (Fsp3) is 0.821. The van der Waals surface area contributed by atoms with Crippen molar-refractivity contribution in [3.63, 3.8) is 0 Å². The van der Waals surface area contributed by atoms with Gasteiger partial charge >= 0.3 is 5.97 Å². The summed E-state index contributed by atoms with van der Waals surface area (Å²) in [5.41, 5.74) is 0. The number of aliphatic hydroxyl groups excluding tert-OH is 2. The smallest absolute Gasteiger partial charge is 0.306 e. The first-order chi connectivity index (χ1) is 30.5. The Morgan fingerprint density at radius 2 is 0.871 bits per heavy atom. The largest absolute Gasteiger partial charge is 0.462 e.